The summed E-state index contributed by atoms with van der Waals surface area (Å²) >= 11 is 0. The highest BCUT2D eigenvalue weighted by atomic mass is 16.5. The number of H-pyrrole nitrogens is 1. The molecule has 2 N–H and O–H groups in total. The summed E-state index contributed by atoms with van der Waals surface area (Å²) in [6.07, 6.45) is 2.22. The third-order valence-corrected chi connectivity index (χ3v) is 4.41. The molecule has 1 aromatic heterocycles. The first kappa shape index (κ1) is 17.4. The molecule has 0 bridgehead atoms. The van der Waals surface area contributed by atoms with Gasteiger partial charge in [0.05, 0.1) is 13.2 Å². The van der Waals surface area contributed by atoms with Gasteiger partial charge in [-0.05, 0) is 13.3 Å². The molecule has 1 aliphatic heterocycles. The maximum atomic E-state index is 12.1. The zero-order valence-electron chi connectivity index (χ0n) is 13.6. The topological polar surface area (TPSA) is 96.4 Å². The van der Waals surface area contributed by atoms with Gasteiger partial charge in [-0.25, -0.2) is 4.79 Å². The molecule has 0 spiro atoms. The van der Waals surface area contributed by atoms with Gasteiger partial charge in [-0.2, -0.15) is 0 Å². The van der Waals surface area contributed by atoms with Gasteiger partial charge in [-0.15, -0.1) is 0 Å². The first-order valence-electron chi connectivity index (χ1n) is 7.84. The highest BCUT2D eigenvalue weighted by Gasteiger charge is 2.31. The van der Waals surface area contributed by atoms with E-state index in [9.17, 15) is 14.4 Å². The molecule has 1 unspecified atom stereocenters. The maximum absolute atomic E-state index is 12.1. The lowest BCUT2D eigenvalue weighted by atomic mass is 9.95. The van der Waals surface area contributed by atoms with Gasteiger partial charge < -0.3 is 10.1 Å². The number of ether oxygens (including phenoxy) is 1. The van der Waals surface area contributed by atoms with Gasteiger partial charge >= 0.3 is 5.69 Å². The first-order valence-corrected chi connectivity index (χ1v) is 7.84. The van der Waals surface area contributed by atoms with Gasteiger partial charge in [0, 0.05) is 37.4 Å². The lowest BCUT2D eigenvalue weighted by molar-refractivity contribution is -0.122. The number of aromatic nitrogens is 2. The van der Waals surface area contributed by atoms with Crippen molar-refractivity contribution in [3.05, 3.63) is 33.1 Å². The second-order valence-corrected chi connectivity index (χ2v) is 5.96. The Kier molecular flexibility index (Phi) is 5.73. The fourth-order valence-corrected chi connectivity index (χ4v) is 2.63. The van der Waals surface area contributed by atoms with Crippen molar-refractivity contribution in [2.75, 3.05) is 32.8 Å². The summed E-state index contributed by atoms with van der Waals surface area (Å²) in [4.78, 5) is 39.1. The number of hydrogen-bond acceptors (Lipinski definition) is 5. The molecule has 0 aliphatic carbocycles. The van der Waals surface area contributed by atoms with Crippen molar-refractivity contribution in [3.8, 4) is 0 Å². The minimum Gasteiger partial charge on any atom is -0.379 e. The molecular weight excluding hydrogens is 300 g/mol. The van der Waals surface area contributed by atoms with Crippen LogP contribution in [0.1, 0.15) is 20.3 Å². The van der Waals surface area contributed by atoms with Crippen LogP contribution in [0.2, 0.25) is 0 Å². The van der Waals surface area contributed by atoms with Crippen molar-refractivity contribution in [2.24, 2.45) is 0 Å². The Balaban J connectivity index is 1.93. The molecule has 2 heterocycles. The van der Waals surface area contributed by atoms with Gasteiger partial charge in [0.25, 0.3) is 5.56 Å². The average Bonchev–Trinajstić information content (AvgIpc) is 2.56. The lowest BCUT2D eigenvalue weighted by Gasteiger charge is -2.43. The predicted octanol–water partition coefficient (Wildman–Crippen LogP) is -0.846. The van der Waals surface area contributed by atoms with Crippen LogP contribution in [0.4, 0.5) is 0 Å². The molecule has 0 radical (unpaired) electrons. The van der Waals surface area contributed by atoms with Crippen LogP contribution in [0.15, 0.2) is 21.9 Å². The van der Waals surface area contributed by atoms with Crippen molar-refractivity contribution >= 4 is 5.91 Å². The summed E-state index contributed by atoms with van der Waals surface area (Å²) in [5.74, 6) is -0.257. The summed E-state index contributed by atoms with van der Waals surface area (Å²) in [6, 6.07) is 1.22. The van der Waals surface area contributed by atoms with Crippen molar-refractivity contribution < 1.29 is 9.53 Å². The van der Waals surface area contributed by atoms with Crippen molar-refractivity contribution in [3.63, 3.8) is 0 Å². The molecule has 2 rings (SSSR count). The van der Waals surface area contributed by atoms with E-state index in [-0.39, 0.29) is 18.0 Å². The Labute approximate surface area is 134 Å². The molecule has 1 atom stereocenters. The first-order chi connectivity index (χ1) is 10.9. The minimum absolute atomic E-state index is 0.113. The average molecular weight is 324 g/mol. The molecule has 1 saturated heterocycles. The van der Waals surface area contributed by atoms with E-state index in [1.165, 1.54) is 16.8 Å². The number of amides is 1. The smallest absolute Gasteiger partial charge is 0.328 e. The quantitative estimate of drug-likeness (QED) is 0.711. The Bertz CT molecular complexity index is 647. The molecule has 1 aliphatic rings. The van der Waals surface area contributed by atoms with Gasteiger partial charge in [-0.3, -0.25) is 24.0 Å². The fraction of sp³-hybridized carbons (Fsp3) is 0.667. The standard InChI is InChI=1S/C15H24N4O4/c1-3-15(2,19-6-8-23-9-7-19)11-16-13(21)10-18-5-4-12(20)17-14(18)22/h4-5H,3,6-11H2,1-2H3,(H,16,21)(H,17,20,22). The monoisotopic (exact) mass is 324 g/mol. The van der Waals surface area contributed by atoms with Crippen LogP contribution in [-0.4, -0.2) is 58.7 Å². The zero-order chi connectivity index (χ0) is 16.9. The lowest BCUT2D eigenvalue weighted by Crippen LogP contribution is -2.57. The number of hydrogen-bond donors (Lipinski definition) is 2. The van der Waals surface area contributed by atoms with Gasteiger partial charge in [0.15, 0.2) is 0 Å². The molecule has 0 aromatic carbocycles. The number of carbonyl (C=O) groups excluding carboxylic acids is 1. The van der Waals surface area contributed by atoms with Gasteiger partial charge in [0.1, 0.15) is 6.54 Å². The molecule has 0 saturated carbocycles. The number of carbonyl (C=O) groups is 1. The SMILES string of the molecule is CCC(C)(CNC(=O)Cn1ccc(=O)[nH]c1=O)N1CCOCC1. The second kappa shape index (κ2) is 7.56. The number of nitrogens with zero attached hydrogens (tertiary/aromatic N) is 2. The summed E-state index contributed by atoms with van der Waals surface area (Å²) in [5, 5.41) is 2.89. The normalized spacial score (nSPS) is 18.3. The Morgan fingerprint density at radius 1 is 1.39 bits per heavy atom. The highest BCUT2D eigenvalue weighted by molar-refractivity contribution is 5.75. The summed E-state index contributed by atoms with van der Waals surface area (Å²) in [5.41, 5.74) is -1.20. The van der Waals surface area contributed by atoms with E-state index >= 15 is 0 Å². The number of morpholine rings is 1. The van der Waals surface area contributed by atoms with E-state index in [0.29, 0.717) is 19.8 Å². The third kappa shape index (κ3) is 4.52. The van der Waals surface area contributed by atoms with Crippen LogP contribution >= 0.6 is 0 Å². The van der Waals surface area contributed by atoms with Crippen LogP contribution < -0.4 is 16.6 Å². The Morgan fingerprint density at radius 2 is 2.09 bits per heavy atom. The molecule has 1 fully saturated rings. The Morgan fingerprint density at radius 3 is 2.70 bits per heavy atom. The summed E-state index contributed by atoms with van der Waals surface area (Å²) in [6.45, 7) is 7.70. The van der Waals surface area contributed by atoms with Crippen LogP contribution in [0, 0.1) is 0 Å². The molecule has 8 heteroatoms. The van der Waals surface area contributed by atoms with Gasteiger partial charge in [0.2, 0.25) is 5.91 Å². The number of nitrogens with one attached hydrogen (secondary N) is 2. The van der Waals surface area contributed by atoms with Crippen LogP contribution in [-0.2, 0) is 16.1 Å². The molecule has 8 nitrogen and oxygen atoms in total. The number of rotatable bonds is 6. The summed E-state index contributed by atoms with van der Waals surface area (Å²) in [7, 11) is 0. The molecule has 1 amide bonds. The van der Waals surface area contributed by atoms with E-state index < -0.39 is 11.2 Å². The third-order valence-electron chi connectivity index (χ3n) is 4.41. The highest BCUT2D eigenvalue weighted by Crippen LogP contribution is 2.19. The van der Waals surface area contributed by atoms with E-state index in [2.05, 4.69) is 29.0 Å². The fourth-order valence-electron chi connectivity index (χ4n) is 2.63. The van der Waals surface area contributed by atoms with E-state index in [1.807, 2.05) is 0 Å². The van der Waals surface area contributed by atoms with Crippen molar-refractivity contribution in [1.29, 1.82) is 0 Å². The van der Waals surface area contributed by atoms with E-state index in [1.54, 1.807) is 0 Å². The van der Waals surface area contributed by atoms with Crippen LogP contribution in [0.3, 0.4) is 0 Å². The zero-order valence-corrected chi connectivity index (χ0v) is 13.6. The Hall–Kier alpha value is -1.93. The number of aromatic amines is 1. The minimum atomic E-state index is -0.584. The van der Waals surface area contributed by atoms with E-state index in [0.717, 1.165) is 19.5 Å². The molecular formula is C15H24N4O4. The predicted molar refractivity (Wildman–Crippen MR) is 85.4 cm³/mol. The largest absolute Gasteiger partial charge is 0.379 e. The maximum Gasteiger partial charge on any atom is 0.328 e. The van der Waals surface area contributed by atoms with Gasteiger partial charge in [-0.1, -0.05) is 6.92 Å². The van der Waals surface area contributed by atoms with E-state index in [4.69, 9.17) is 4.74 Å². The molecule has 23 heavy (non-hydrogen) atoms. The van der Waals surface area contributed by atoms with Crippen LogP contribution in [0.25, 0.3) is 0 Å². The van der Waals surface area contributed by atoms with Crippen LogP contribution in [0.5, 0.6) is 0 Å². The molecule has 128 valence electrons. The summed E-state index contributed by atoms with van der Waals surface area (Å²) < 4.78 is 6.55. The molecule has 1 aromatic rings. The second-order valence-electron chi connectivity index (χ2n) is 5.96. The van der Waals surface area contributed by atoms with Crippen molar-refractivity contribution in [2.45, 2.75) is 32.4 Å². The van der Waals surface area contributed by atoms with Crippen molar-refractivity contribution in [1.82, 2.24) is 19.8 Å².